The lowest BCUT2D eigenvalue weighted by atomic mass is 9.72. The Hall–Kier alpha value is -2.63. The second kappa shape index (κ2) is 10.5. The van der Waals surface area contributed by atoms with Gasteiger partial charge in [0, 0.05) is 21.8 Å². The quantitative estimate of drug-likeness (QED) is 0.340. The van der Waals surface area contributed by atoms with Gasteiger partial charge < -0.3 is 10.1 Å². The smallest absolute Gasteiger partial charge is 0.259 e. The van der Waals surface area contributed by atoms with Crippen LogP contribution in [-0.4, -0.2) is 18.2 Å². The van der Waals surface area contributed by atoms with Gasteiger partial charge in [-0.1, -0.05) is 32.4 Å². The molecule has 4 rings (SSSR count). The first-order valence-corrected chi connectivity index (χ1v) is 13.3. The number of hydrogen-bond donors (Lipinski definition) is 1. The molecule has 4 nitrogen and oxygen atoms in total. The Bertz CT molecular complexity index is 1210. The summed E-state index contributed by atoms with van der Waals surface area (Å²) in [5, 5.41) is 4.45. The van der Waals surface area contributed by atoms with E-state index in [1.165, 1.54) is 4.88 Å². The molecule has 6 heteroatoms. The molecule has 1 aromatic heterocycles. The number of benzene rings is 2. The van der Waals surface area contributed by atoms with Crippen LogP contribution < -0.4 is 10.1 Å². The summed E-state index contributed by atoms with van der Waals surface area (Å²) in [6, 6.07) is 15.1. The Balaban J connectivity index is 1.64. The monoisotopic (exact) mass is 508 g/mol. The van der Waals surface area contributed by atoms with Crippen molar-refractivity contribution in [1.29, 1.82) is 0 Å². The highest BCUT2D eigenvalue weighted by Gasteiger charge is 2.33. The molecule has 1 aliphatic carbocycles. The minimum atomic E-state index is -0.119. The number of amides is 1. The molecule has 1 N–H and O–H groups in total. The van der Waals surface area contributed by atoms with E-state index in [0.29, 0.717) is 16.5 Å². The average Bonchev–Trinajstić information content (AvgIpc) is 3.17. The van der Waals surface area contributed by atoms with Crippen molar-refractivity contribution in [3.63, 3.8) is 0 Å². The maximum absolute atomic E-state index is 13.5. The molecular weight excluding hydrogens is 476 g/mol. The number of fused-ring (bicyclic) bond motifs is 1. The number of rotatable bonds is 6. The van der Waals surface area contributed by atoms with Crippen molar-refractivity contribution in [3.05, 3.63) is 75.1 Å². The first kappa shape index (κ1) is 25.5. The summed E-state index contributed by atoms with van der Waals surface area (Å²) in [6.45, 7) is 10.9. The highest BCUT2D eigenvalue weighted by atomic mass is 35.5. The summed E-state index contributed by atoms with van der Waals surface area (Å²) in [4.78, 5) is 19.6. The zero-order chi connectivity index (χ0) is 25.2. The van der Waals surface area contributed by atoms with Crippen molar-refractivity contribution in [2.75, 3.05) is 5.32 Å². The Morgan fingerprint density at radius 3 is 2.46 bits per heavy atom. The Morgan fingerprint density at radius 1 is 1.14 bits per heavy atom. The zero-order valence-corrected chi connectivity index (χ0v) is 22.6. The summed E-state index contributed by atoms with van der Waals surface area (Å²) in [5.41, 5.74) is 3.76. The predicted molar refractivity (Wildman–Crippen MR) is 148 cm³/mol. The molecule has 3 aromatic rings. The van der Waals surface area contributed by atoms with Crippen molar-refractivity contribution in [2.45, 2.75) is 60.0 Å². The van der Waals surface area contributed by atoms with E-state index < -0.39 is 0 Å². The molecule has 0 unspecified atom stereocenters. The fraction of sp³-hybridized carbons (Fsp3) is 0.379. The summed E-state index contributed by atoms with van der Waals surface area (Å²) in [7, 11) is 0. The van der Waals surface area contributed by atoms with Gasteiger partial charge in [-0.25, -0.2) is 4.99 Å². The number of nitrogens with one attached hydrogen (secondary N) is 1. The van der Waals surface area contributed by atoms with Crippen LogP contribution in [0.2, 0.25) is 5.02 Å². The van der Waals surface area contributed by atoms with Gasteiger partial charge in [0.25, 0.3) is 5.91 Å². The van der Waals surface area contributed by atoms with Crippen LogP contribution in [0.15, 0.2) is 53.5 Å². The largest absolute Gasteiger partial charge is 0.491 e. The van der Waals surface area contributed by atoms with Gasteiger partial charge in [0.2, 0.25) is 0 Å². The second-order valence-electron chi connectivity index (χ2n) is 10.4. The minimum absolute atomic E-state index is 0.119. The molecule has 1 amide bonds. The Labute approximate surface area is 217 Å². The molecule has 0 saturated carbocycles. The molecule has 0 bridgehead atoms. The fourth-order valence-electron chi connectivity index (χ4n) is 4.40. The highest BCUT2D eigenvalue weighted by Crippen LogP contribution is 2.45. The fourth-order valence-corrected chi connectivity index (χ4v) is 5.79. The van der Waals surface area contributed by atoms with Gasteiger partial charge in [-0.2, -0.15) is 0 Å². The van der Waals surface area contributed by atoms with Crippen LogP contribution in [0.5, 0.6) is 5.75 Å². The lowest BCUT2D eigenvalue weighted by Crippen LogP contribution is -2.27. The first-order valence-electron chi connectivity index (χ1n) is 12.1. The molecule has 35 heavy (non-hydrogen) atoms. The first-order chi connectivity index (χ1) is 16.6. The van der Waals surface area contributed by atoms with E-state index in [-0.39, 0.29) is 17.4 Å². The van der Waals surface area contributed by atoms with Gasteiger partial charge in [-0.3, -0.25) is 4.79 Å². The van der Waals surface area contributed by atoms with E-state index in [2.05, 4.69) is 26.1 Å². The summed E-state index contributed by atoms with van der Waals surface area (Å²) in [5.74, 6) is 1.30. The van der Waals surface area contributed by atoms with Crippen molar-refractivity contribution in [2.24, 2.45) is 16.3 Å². The van der Waals surface area contributed by atoms with Gasteiger partial charge in [0.15, 0.2) is 0 Å². The van der Waals surface area contributed by atoms with Crippen LogP contribution in [0.1, 0.15) is 67.4 Å². The van der Waals surface area contributed by atoms with Crippen LogP contribution in [-0.2, 0) is 12.8 Å². The molecule has 184 valence electrons. The number of carbonyl (C=O) groups is 1. The number of hydrogen-bond acceptors (Lipinski definition) is 4. The van der Waals surface area contributed by atoms with Crippen molar-refractivity contribution >= 4 is 45.7 Å². The van der Waals surface area contributed by atoms with Crippen molar-refractivity contribution in [1.82, 2.24) is 0 Å². The van der Waals surface area contributed by atoms with Gasteiger partial charge >= 0.3 is 0 Å². The maximum Gasteiger partial charge on any atom is 0.259 e. The predicted octanol–water partition coefficient (Wildman–Crippen LogP) is 8.34. The third-order valence-corrected chi connectivity index (χ3v) is 7.80. The SMILES string of the molecule is CC(C)Oc1ccc(C=Nc2sc3c(c2C(=O)Nc2ccc(Cl)cc2)CC[C@@H](C(C)(C)C)C3)cc1. The second-order valence-corrected chi connectivity index (χ2v) is 12.0. The third kappa shape index (κ3) is 6.33. The van der Waals surface area contributed by atoms with E-state index in [4.69, 9.17) is 21.3 Å². The molecule has 0 aliphatic heterocycles. The van der Waals surface area contributed by atoms with Gasteiger partial charge in [-0.15, -0.1) is 11.3 Å². The molecule has 2 aromatic carbocycles. The molecular formula is C29H33ClN2O2S. The molecule has 0 radical (unpaired) electrons. The molecule has 0 fully saturated rings. The van der Waals surface area contributed by atoms with Crippen LogP contribution in [0.25, 0.3) is 0 Å². The number of ether oxygens (including phenoxy) is 1. The third-order valence-electron chi connectivity index (χ3n) is 6.38. The van der Waals surface area contributed by atoms with Crippen molar-refractivity contribution in [3.8, 4) is 5.75 Å². The van der Waals surface area contributed by atoms with E-state index in [1.54, 1.807) is 23.5 Å². The number of carbonyl (C=O) groups excluding carboxylic acids is 1. The molecule has 0 spiro atoms. The van der Waals surface area contributed by atoms with Gasteiger partial charge in [0.1, 0.15) is 10.8 Å². The number of aliphatic imine (C=N–C) groups is 1. The summed E-state index contributed by atoms with van der Waals surface area (Å²) < 4.78 is 5.74. The molecule has 0 saturated heterocycles. The van der Waals surface area contributed by atoms with E-state index in [0.717, 1.165) is 46.8 Å². The molecule has 1 atom stereocenters. The van der Waals surface area contributed by atoms with Gasteiger partial charge in [0.05, 0.1) is 11.7 Å². The lowest BCUT2D eigenvalue weighted by Gasteiger charge is -2.33. The Morgan fingerprint density at radius 2 is 1.83 bits per heavy atom. The zero-order valence-electron chi connectivity index (χ0n) is 21.0. The lowest BCUT2D eigenvalue weighted by molar-refractivity contribution is 0.102. The Kier molecular flexibility index (Phi) is 7.67. The normalized spacial score (nSPS) is 15.9. The van der Waals surface area contributed by atoms with Crippen molar-refractivity contribution < 1.29 is 9.53 Å². The van der Waals surface area contributed by atoms with Crippen LogP contribution in [0.3, 0.4) is 0 Å². The van der Waals surface area contributed by atoms with E-state index >= 15 is 0 Å². The topological polar surface area (TPSA) is 50.7 Å². The molecule has 1 aliphatic rings. The maximum atomic E-state index is 13.5. The number of halogens is 1. The van der Waals surface area contributed by atoms with Gasteiger partial charge in [-0.05, 0) is 104 Å². The van der Waals surface area contributed by atoms with Crippen LogP contribution in [0.4, 0.5) is 10.7 Å². The van der Waals surface area contributed by atoms with E-state index in [1.807, 2.05) is 56.5 Å². The van der Waals surface area contributed by atoms with E-state index in [9.17, 15) is 4.79 Å². The number of thiophene rings is 1. The standard InChI is InChI=1S/C29H33ClN2O2S/c1-18(2)34-23-13-6-19(7-14-23)17-31-28-26(27(33)32-22-11-9-21(30)10-12-22)24-15-8-20(29(3,4)5)16-25(24)35-28/h6-7,9-14,17-18,20H,8,15-16H2,1-5H3,(H,32,33)/t20-/m1/s1. The summed E-state index contributed by atoms with van der Waals surface area (Å²) >= 11 is 7.66. The number of anilines is 1. The van der Waals surface area contributed by atoms with Crippen LogP contribution >= 0.6 is 22.9 Å². The number of nitrogens with zero attached hydrogens (tertiary/aromatic N) is 1. The average molecular weight is 509 g/mol. The van der Waals surface area contributed by atoms with Crippen LogP contribution in [0, 0.1) is 11.3 Å². The minimum Gasteiger partial charge on any atom is -0.491 e. The molecule has 1 heterocycles. The highest BCUT2D eigenvalue weighted by molar-refractivity contribution is 7.16. The summed E-state index contributed by atoms with van der Waals surface area (Å²) in [6.07, 6.45) is 4.92.